The van der Waals surface area contributed by atoms with Crippen LogP contribution in [0.5, 0.6) is 0 Å². The molecule has 3 N–H and O–H groups in total. The Bertz CT molecular complexity index is 1450. The van der Waals surface area contributed by atoms with Gasteiger partial charge < -0.3 is 20.4 Å². The number of carbonyl (C=O) groups is 2. The second-order valence-electron chi connectivity index (χ2n) is 11.1. The average molecular weight is 531 g/mol. The molecule has 2 heterocycles. The van der Waals surface area contributed by atoms with E-state index in [0.29, 0.717) is 17.0 Å². The Hall–Kier alpha value is -3.35. The molecule has 1 aliphatic carbocycles. The van der Waals surface area contributed by atoms with E-state index >= 15 is 0 Å². The van der Waals surface area contributed by atoms with E-state index in [9.17, 15) is 19.8 Å². The van der Waals surface area contributed by atoms with Crippen LogP contribution < -0.4 is 10.2 Å². The van der Waals surface area contributed by atoms with Gasteiger partial charge in [0.25, 0.3) is 0 Å². The van der Waals surface area contributed by atoms with Gasteiger partial charge in [-0.15, -0.1) is 0 Å². The summed E-state index contributed by atoms with van der Waals surface area (Å²) >= 11 is 6.71. The Labute approximate surface area is 227 Å². The second kappa shape index (κ2) is 9.14. The molecule has 3 aliphatic rings. The highest BCUT2D eigenvalue weighted by Gasteiger charge is 2.65. The summed E-state index contributed by atoms with van der Waals surface area (Å²) in [5.41, 5.74) is 5.80. The lowest BCUT2D eigenvalue weighted by Crippen LogP contribution is -2.31. The van der Waals surface area contributed by atoms with Gasteiger partial charge in [0.05, 0.1) is 28.6 Å². The van der Waals surface area contributed by atoms with E-state index in [2.05, 4.69) is 22.3 Å². The minimum atomic E-state index is -0.946. The minimum absolute atomic E-state index is 0.0602. The number of aromatic carboxylic acids is 1. The normalized spacial score (nSPS) is 23.7. The van der Waals surface area contributed by atoms with Gasteiger partial charge in [-0.3, -0.25) is 4.79 Å². The van der Waals surface area contributed by atoms with Gasteiger partial charge in [0.2, 0.25) is 5.91 Å². The summed E-state index contributed by atoms with van der Waals surface area (Å²) in [7, 11) is 0. The molecule has 2 aliphatic heterocycles. The third-order valence-electron chi connectivity index (χ3n) is 8.63. The van der Waals surface area contributed by atoms with E-state index in [1.807, 2.05) is 50.2 Å². The predicted molar refractivity (Wildman–Crippen MR) is 149 cm³/mol. The number of hydrogen-bond donors (Lipinski definition) is 3. The summed E-state index contributed by atoms with van der Waals surface area (Å²) < 4.78 is 0. The number of carbonyl (C=O) groups excluding carboxylic acids is 1. The van der Waals surface area contributed by atoms with E-state index in [1.54, 1.807) is 6.07 Å². The molecule has 196 valence electrons. The lowest BCUT2D eigenvalue weighted by Gasteiger charge is -2.25. The monoisotopic (exact) mass is 530 g/mol. The van der Waals surface area contributed by atoms with Crippen LogP contribution in [0.3, 0.4) is 0 Å². The second-order valence-corrected chi connectivity index (χ2v) is 11.5. The highest BCUT2D eigenvalue weighted by Crippen LogP contribution is 2.65. The predicted octanol–water partition coefficient (Wildman–Crippen LogP) is 6.17. The van der Waals surface area contributed by atoms with E-state index in [-0.39, 0.29) is 30.4 Å². The smallest absolute Gasteiger partial charge is 0.335 e. The number of benzene rings is 3. The molecule has 0 aromatic heterocycles. The van der Waals surface area contributed by atoms with Crippen molar-refractivity contribution in [3.05, 3.63) is 81.9 Å². The van der Waals surface area contributed by atoms with Gasteiger partial charge >= 0.3 is 5.97 Å². The van der Waals surface area contributed by atoms with Crippen molar-refractivity contribution in [3.63, 3.8) is 0 Å². The number of anilines is 2. The van der Waals surface area contributed by atoms with Crippen molar-refractivity contribution in [2.45, 2.75) is 56.4 Å². The van der Waals surface area contributed by atoms with Gasteiger partial charge in [-0.05, 0) is 77.8 Å². The fourth-order valence-corrected chi connectivity index (χ4v) is 6.79. The molecular weight excluding hydrogens is 500 g/mol. The van der Waals surface area contributed by atoms with E-state index < -0.39 is 11.4 Å². The molecule has 1 amide bonds. The summed E-state index contributed by atoms with van der Waals surface area (Å²) in [6, 6.07) is 17.8. The number of amides is 1. The van der Waals surface area contributed by atoms with Crippen LogP contribution in [0, 0.1) is 0 Å². The van der Waals surface area contributed by atoms with Crippen LogP contribution in [0.1, 0.15) is 72.0 Å². The van der Waals surface area contributed by atoms with Crippen molar-refractivity contribution in [1.82, 2.24) is 0 Å². The Morgan fingerprint density at radius 1 is 1.16 bits per heavy atom. The quantitative estimate of drug-likeness (QED) is 0.355. The van der Waals surface area contributed by atoms with Gasteiger partial charge in [-0.2, -0.15) is 0 Å². The molecule has 1 saturated heterocycles. The Morgan fingerprint density at radius 2 is 1.92 bits per heavy atom. The molecule has 3 aromatic carbocycles. The fraction of sp³-hybridized carbons (Fsp3) is 0.355. The first kappa shape index (κ1) is 25.0. The number of carboxylic acid groups (broad SMARTS) is 1. The third kappa shape index (κ3) is 3.81. The zero-order valence-corrected chi connectivity index (χ0v) is 22.3. The highest BCUT2D eigenvalue weighted by atomic mass is 35.5. The minimum Gasteiger partial charge on any atom is -0.478 e. The summed E-state index contributed by atoms with van der Waals surface area (Å²) in [6.07, 6.45) is 2.69. The van der Waals surface area contributed by atoms with Gasteiger partial charge in [0, 0.05) is 29.4 Å². The number of fused-ring (bicyclic) bond motifs is 2. The standard InChI is InChI=1S/C31H31ClN2O4/c1-17(2)22-10-7-19(12-24(22)29(36)37)26-15-31(26)25-13-23(27(32)14-28(25)33-30(31)38)18-5-8-20(9-6-18)34-11-3-4-21(34)16-35/h5-10,12-14,17,21,26,35H,3-4,11,15-16H2,1-2H3,(H,33,38)(H,36,37)/t21-,26?,31?/m1/s1. The van der Waals surface area contributed by atoms with Crippen LogP contribution in [0.15, 0.2) is 54.6 Å². The van der Waals surface area contributed by atoms with Crippen LogP contribution in [-0.4, -0.2) is 41.3 Å². The topological polar surface area (TPSA) is 89.9 Å². The highest BCUT2D eigenvalue weighted by molar-refractivity contribution is 6.34. The lowest BCUT2D eigenvalue weighted by atomic mass is 9.88. The van der Waals surface area contributed by atoms with Crippen molar-refractivity contribution < 1.29 is 19.8 Å². The Balaban J connectivity index is 1.34. The summed E-state index contributed by atoms with van der Waals surface area (Å²) in [6.45, 7) is 5.05. The van der Waals surface area contributed by atoms with Crippen LogP contribution in [0.2, 0.25) is 5.02 Å². The molecule has 0 radical (unpaired) electrons. The van der Waals surface area contributed by atoms with E-state index in [0.717, 1.165) is 58.6 Å². The van der Waals surface area contributed by atoms with Gasteiger partial charge in [-0.25, -0.2) is 4.79 Å². The first-order valence-corrected chi connectivity index (χ1v) is 13.6. The zero-order valence-electron chi connectivity index (χ0n) is 21.5. The SMILES string of the molecule is CC(C)c1ccc(C2CC23C(=O)Nc2cc(Cl)c(-c4ccc(N5CCC[C@@H]5CO)cc4)cc23)cc1C(=O)O. The van der Waals surface area contributed by atoms with E-state index in [1.165, 1.54) is 0 Å². The number of nitrogens with one attached hydrogen (secondary N) is 1. The van der Waals surface area contributed by atoms with Crippen LogP contribution in [0.25, 0.3) is 11.1 Å². The molecule has 38 heavy (non-hydrogen) atoms. The molecule has 7 heteroatoms. The molecule has 1 spiro atoms. The number of halogens is 1. The van der Waals surface area contributed by atoms with Crippen LogP contribution in [0.4, 0.5) is 11.4 Å². The number of nitrogens with zero attached hydrogens (tertiary/aromatic N) is 1. The Morgan fingerprint density at radius 3 is 2.61 bits per heavy atom. The van der Waals surface area contributed by atoms with Crippen LogP contribution >= 0.6 is 11.6 Å². The Kier molecular flexibility index (Phi) is 6.00. The van der Waals surface area contributed by atoms with Crippen molar-refractivity contribution in [2.75, 3.05) is 23.4 Å². The molecule has 6 rings (SSSR count). The fourth-order valence-electron chi connectivity index (χ4n) is 6.51. The molecule has 0 bridgehead atoms. The largest absolute Gasteiger partial charge is 0.478 e. The maximum Gasteiger partial charge on any atom is 0.335 e. The van der Waals surface area contributed by atoms with Gasteiger partial charge in [0.15, 0.2) is 0 Å². The van der Waals surface area contributed by atoms with Gasteiger partial charge in [0.1, 0.15) is 0 Å². The summed E-state index contributed by atoms with van der Waals surface area (Å²) in [5.74, 6) is -1.01. The zero-order chi connectivity index (χ0) is 26.8. The third-order valence-corrected chi connectivity index (χ3v) is 8.94. The maximum atomic E-state index is 13.3. The van der Waals surface area contributed by atoms with Crippen molar-refractivity contribution in [3.8, 4) is 11.1 Å². The molecule has 1 saturated carbocycles. The van der Waals surface area contributed by atoms with Crippen molar-refractivity contribution in [2.24, 2.45) is 0 Å². The summed E-state index contributed by atoms with van der Waals surface area (Å²) in [4.78, 5) is 27.5. The van der Waals surface area contributed by atoms with Crippen molar-refractivity contribution >= 4 is 34.9 Å². The van der Waals surface area contributed by atoms with Gasteiger partial charge in [-0.1, -0.05) is 49.7 Å². The first-order valence-electron chi connectivity index (χ1n) is 13.2. The number of aliphatic hydroxyl groups is 1. The molecule has 2 unspecified atom stereocenters. The maximum absolute atomic E-state index is 13.3. The molecule has 6 nitrogen and oxygen atoms in total. The summed E-state index contributed by atoms with van der Waals surface area (Å²) in [5, 5.41) is 23.1. The molecular formula is C31H31ClN2O4. The average Bonchev–Trinajstić information content (AvgIpc) is 3.37. The van der Waals surface area contributed by atoms with Crippen molar-refractivity contribution in [1.29, 1.82) is 0 Å². The number of aliphatic hydroxyl groups excluding tert-OH is 1. The molecule has 3 aromatic rings. The molecule has 2 fully saturated rings. The first-order chi connectivity index (χ1) is 18.2. The molecule has 3 atom stereocenters. The number of carboxylic acids is 1. The number of rotatable bonds is 6. The van der Waals surface area contributed by atoms with E-state index in [4.69, 9.17) is 11.6 Å². The lowest BCUT2D eigenvalue weighted by molar-refractivity contribution is -0.118. The number of hydrogen-bond acceptors (Lipinski definition) is 4. The van der Waals surface area contributed by atoms with Crippen LogP contribution in [-0.2, 0) is 10.2 Å².